The van der Waals surface area contributed by atoms with Gasteiger partial charge in [-0.1, -0.05) is 0 Å². The van der Waals surface area contributed by atoms with Gasteiger partial charge in [-0.15, -0.1) is 0 Å². The summed E-state index contributed by atoms with van der Waals surface area (Å²) >= 11 is 2.04. The number of hydrogen-bond acceptors (Lipinski definition) is 6. The van der Waals surface area contributed by atoms with E-state index in [4.69, 9.17) is 0 Å². The molecule has 1 aliphatic heterocycles. The molecular formula is C14H22N6S. The lowest BCUT2D eigenvalue weighted by molar-refractivity contribution is 0.314. The molecule has 1 saturated heterocycles. The summed E-state index contributed by atoms with van der Waals surface area (Å²) in [6.45, 7) is 7.27. The van der Waals surface area contributed by atoms with Crippen molar-refractivity contribution in [3.63, 3.8) is 0 Å². The Balaban J connectivity index is 1.65. The van der Waals surface area contributed by atoms with Crippen LogP contribution in [0, 0.1) is 0 Å². The fraction of sp³-hybridized carbons (Fsp3) is 0.571. The highest BCUT2D eigenvalue weighted by Crippen LogP contribution is 2.16. The minimum absolute atomic E-state index is 0.852. The van der Waals surface area contributed by atoms with Crippen LogP contribution in [0.3, 0.4) is 0 Å². The van der Waals surface area contributed by atoms with Gasteiger partial charge in [0.2, 0.25) is 0 Å². The van der Waals surface area contributed by atoms with E-state index >= 15 is 0 Å². The normalized spacial score (nSPS) is 16.2. The van der Waals surface area contributed by atoms with Gasteiger partial charge in [0, 0.05) is 56.6 Å². The molecule has 0 bridgehead atoms. The first-order chi connectivity index (χ1) is 10.4. The van der Waals surface area contributed by atoms with Crippen LogP contribution in [0.2, 0.25) is 0 Å². The van der Waals surface area contributed by atoms with Crippen molar-refractivity contribution in [2.45, 2.75) is 6.92 Å². The van der Waals surface area contributed by atoms with Crippen molar-refractivity contribution in [3.8, 4) is 0 Å². The Hall–Kier alpha value is -1.47. The Morgan fingerprint density at radius 1 is 1.29 bits per heavy atom. The summed E-state index contributed by atoms with van der Waals surface area (Å²) in [7, 11) is 0. The van der Waals surface area contributed by atoms with Gasteiger partial charge in [0.15, 0.2) is 11.5 Å². The molecule has 0 radical (unpaired) electrons. The first-order valence-corrected chi connectivity index (χ1v) is 8.64. The zero-order chi connectivity index (χ0) is 14.5. The van der Waals surface area contributed by atoms with Crippen LogP contribution in [0.25, 0.3) is 5.65 Å². The molecule has 0 atom stereocenters. The van der Waals surface area contributed by atoms with Crippen molar-refractivity contribution in [3.05, 3.63) is 18.6 Å². The lowest BCUT2D eigenvalue weighted by Gasteiger charge is -2.26. The molecule has 1 fully saturated rings. The monoisotopic (exact) mass is 306 g/mol. The van der Waals surface area contributed by atoms with Gasteiger partial charge < -0.3 is 15.0 Å². The summed E-state index contributed by atoms with van der Waals surface area (Å²) in [5.74, 6) is 4.22. The number of imidazole rings is 1. The molecule has 114 valence electrons. The number of anilines is 2. The Bertz CT molecular complexity index is 578. The lowest BCUT2D eigenvalue weighted by Crippen LogP contribution is -2.36. The Morgan fingerprint density at radius 2 is 2.14 bits per heavy atom. The maximum absolute atomic E-state index is 4.62. The number of nitrogens with one attached hydrogen (secondary N) is 2. The summed E-state index contributed by atoms with van der Waals surface area (Å²) in [4.78, 5) is 11.5. The molecule has 0 aromatic carbocycles. The number of thioether (sulfide) groups is 1. The predicted octanol–water partition coefficient (Wildman–Crippen LogP) is 1.62. The van der Waals surface area contributed by atoms with Gasteiger partial charge in [-0.3, -0.25) is 4.90 Å². The van der Waals surface area contributed by atoms with Gasteiger partial charge >= 0.3 is 0 Å². The van der Waals surface area contributed by atoms with Crippen LogP contribution in [-0.2, 0) is 0 Å². The Labute approximate surface area is 129 Å². The predicted molar refractivity (Wildman–Crippen MR) is 89.4 cm³/mol. The van der Waals surface area contributed by atoms with Gasteiger partial charge in [-0.2, -0.15) is 11.8 Å². The van der Waals surface area contributed by atoms with E-state index in [-0.39, 0.29) is 0 Å². The molecule has 21 heavy (non-hydrogen) atoms. The summed E-state index contributed by atoms with van der Waals surface area (Å²) in [5.41, 5.74) is 0.880. The largest absolute Gasteiger partial charge is 0.369 e. The van der Waals surface area contributed by atoms with Gasteiger partial charge in [0.05, 0.1) is 6.20 Å². The van der Waals surface area contributed by atoms with Crippen molar-refractivity contribution < 1.29 is 0 Å². The summed E-state index contributed by atoms with van der Waals surface area (Å²) < 4.78 is 2.00. The fourth-order valence-electron chi connectivity index (χ4n) is 2.47. The quantitative estimate of drug-likeness (QED) is 0.846. The molecule has 2 aromatic heterocycles. The second kappa shape index (κ2) is 7.00. The van der Waals surface area contributed by atoms with Gasteiger partial charge in [-0.05, 0) is 6.92 Å². The van der Waals surface area contributed by atoms with Crippen molar-refractivity contribution in [1.29, 1.82) is 0 Å². The molecule has 6 nitrogen and oxygen atoms in total. The first kappa shape index (κ1) is 14.5. The zero-order valence-corrected chi connectivity index (χ0v) is 13.2. The highest BCUT2D eigenvalue weighted by atomic mass is 32.2. The molecule has 2 aromatic rings. The van der Waals surface area contributed by atoms with Crippen molar-refractivity contribution in [2.24, 2.45) is 0 Å². The van der Waals surface area contributed by atoms with E-state index in [1.807, 2.05) is 28.6 Å². The van der Waals surface area contributed by atoms with E-state index in [1.54, 1.807) is 6.20 Å². The van der Waals surface area contributed by atoms with Crippen LogP contribution in [0.5, 0.6) is 0 Å². The third-order valence-corrected chi connectivity index (χ3v) is 4.50. The van der Waals surface area contributed by atoms with Crippen molar-refractivity contribution >= 4 is 29.0 Å². The third-order valence-electron chi connectivity index (χ3n) is 3.56. The molecule has 0 unspecified atom stereocenters. The first-order valence-electron chi connectivity index (χ1n) is 7.48. The number of aromatic nitrogens is 3. The molecule has 1 aliphatic rings. The molecule has 3 heterocycles. The highest BCUT2D eigenvalue weighted by molar-refractivity contribution is 7.99. The Kier molecular flexibility index (Phi) is 4.82. The molecule has 2 N–H and O–H groups in total. The standard InChI is InChI=1S/C14H22N6S/c1-2-15-12-11-20-6-4-17-14(20)13(18-12)16-3-5-19-7-9-21-10-8-19/h4,6,11,15H,2-3,5,7-10H2,1H3,(H,16,18). The molecule has 3 rings (SSSR count). The molecule has 0 aliphatic carbocycles. The third kappa shape index (κ3) is 3.59. The summed E-state index contributed by atoms with van der Waals surface area (Å²) in [6.07, 6.45) is 5.73. The zero-order valence-electron chi connectivity index (χ0n) is 12.4. The van der Waals surface area contributed by atoms with Gasteiger partial charge in [-0.25, -0.2) is 9.97 Å². The minimum atomic E-state index is 0.852. The van der Waals surface area contributed by atoms with E-state index in [9.17, 15) is 0 Å². The van der Waals surface area contributed by atoms with E-state index in [0.717, 1.165) is 36.9 Å². The molecule has 0 amide bonds. The van der Waals surface area contributed by atoms with Crippen LogP contribution in [0.15, 0.2) is 18.6 Å². The smallest absolute Gasteiger partial charge is 0.180 e. The van der Waals surface area contributed by atoms with Gasteiger partial charge in [0.25, 0.3) is 0 Å². The topological polar surface area (TPSA) is 57.5 Å². The second-order valence-electron chi connectivity index (χ2n) is 5.04. The van der Waals surface area contributed by atoms with Crippen LogP contribution >= 0.6 is 11.8 Å². The fourth-order valence-corrected chi connectivity index (χ4v) is 3.45. The molecule has 0 saturated carbocycles. The van der Waals surface area contributed by atoms with Crippen LogP contribution in [-0.4, -0.2) is 63.5 Å². The second-order valence-corrected chi connectivity index (χ2v) is 6.27. The van der Waals surface area contributed by atoms with E-state index in [2.05, 4.69) is 32.4 Å². The van der Waals surface area contributed by atoms with E-state index in [0.29, 0.717) is 0 Å². The maximum atomic E-state index is 4.62. The van der Waals surface area contributed by atoms with Crippen LogP contribution in [0.4, 0.5) is 11.6 Å². The number of rotatable bonds is 6. The number of nitrogens with zero attached hydrogens (tertiary/aromatic N) is 4. The summed E-state index contributed by atoms with van der Waals surface area (Å²) in [6, 6.07) is 0. The number of fused-ring (bicyclic) bond motifs is 1. The van der Waals surface area contributed by atoms with E-state index < -0.39 is 0 Å². The van der Waals surface area contributed by atoms with E-state index in [1.165, 1.54) is 24.6 Å². The Morgan fingerprint density at radius 3 is 2.95 bits per heavy atom. The lowest BCUT2D eigenvalue weighted by atomic mass is 10.4. The SMILES string of the molecule is CCNc1cn2ccnc2c(NCCN2CCSCC2)n1. The molecule has 7 heteroatoms. The van der Waals surface area contributed by atoms with Crippen molar-refractivity contribution in [1.82, 2.24) is 19.3 Å². The van der Waals surface area contributed by atoms with Crippen LogP contribution < -0.4 is 10.6 Å². The summed E-state index contributed by atoms with van der Waals surface area (Å²) in [5, 5.41) is 6.69. The van der Waals surface area contributed by atoms with Gasteiger partial charge in [0.1, 0.15) is 5.82 Å². The molecular weight excluding hydrogens is 284 g/mol. The maximum Gasteiger partial charge on any atom is 0.180 e. The average molecular weight is 306 g/mol. The van der Waals surface area contributed by atoms with Crippen molar-refractivity contribution in [2.75, 3.05) is 54.9 Å². The molecule has 0 spiro atoms. The minimum Gasteiger partial charge on any atom is -0.369 e. The van der Waals surface area contributed by atoms with Crippen LogP contribution in [0.1, 0.15) is 6.92 Å². The highest BCUT2D eigenvalue weighted by Gasteiger charge is 2.11. The number of hydrogen-bond donors (Lipinski definition) is 2. The average Bonchev–Trinajstić information content (AvgIpc) is 2.97.